The summed E-state index contributed by atoms with van der Waals surface area (Å²) >= 11 is 12.0. The van der Waals surface area contributed by atoms with Crippen molar-refractivity contribution in [3.05, 3.63) is 46.2 Å². The SMILES string of the molecule is CNC(=O)Cn1cc(NCc2cc(Cl)ccc2Cl)cn1. The first-order valence-corrected chi connectivity index (χ1v) is 6.75. The van der Waals surface area contributed by atoms with Gasteiger partial charge in [-0.15, -0.1) is 0 Å². The number of likely N-dealkylation sites (N-methyl/N-ethyl adjacent to an activating group) is 1. The zero-order valence-electron chi connectivity index (χ0n) is 10.9. The first kappa shape index (κ1) is 14.7. The van der Waals surface area contributed by atoms with Gasteiger partial charge >= 0.3 is 0 Å². The summed E-state index contributed by atoms with van der Waals surface area (Å²) in [6.45, 7) is 0.723. The van der Waals surface area contributed by atoms with Crippen LogP contribution in [0.25, 0.3) is 0 Å². The van der Waals surface area contributed by atoms with Crippen LogP contribution in [0.2, 0.25) is 10.0 Å². The topological polar surface area (TPSA) is 59.0 Å². The van der Waals surface area contributed by atoms with Crippen LogP contribution in [0.15, 0.2) is 30.6 Å². The lowest BCUT2D eigenvalue weighted by Crippen LogP contribution is -2.23. The second kappa shape index (κ2) is 6.63. The highest BCUT2D eigenvalue weighted by atomic mass is 35.5. The zero-order valence-corrected chi connectivity index (χ0v) is 12.4. The van der Waals surface area contributed by atoms with Crippen LogP contribution in [0.1, 0.15) is 5.56 Å². The predicted molar refractivity (Wildman–Crippen MR) is 80.1 cm³/mol. The van der Waals surface area contributed by atoms with Gasteiger partial charge in [-0.1, -0.05) is 23.2 Å². The van der Waals surface area contributed by atoms with E-state index < -0.39 is 0 Å². The Labute approximate surface area is 126 Å². The van der Waals surface area contributed by atoms with Crippen LogP contribution in [0.4, 0.5) is 5.69 Å². The van der Waals surface area contributed by atoms with Gasteiger partial charge in [0.25, 0.3) is 0 Å². The normalized spacial score (nSPS) is 10.3. The van der Waals surface area contributed by atoms with E-state index in [1.54, 1.807) is 36.3 Å². The Balaban J connectivity index is 1.97. The third-order valence-corrected chi connectivity index (χ3v) is 3.31. The van der Waals surface area contributed by atoms with Gasteiger partial charge in [-0.25, -0.2) is 0 Å². The van der Waals surface area contributed by atoms with Crippen LogP contribution in [-0.2, 0) is 17.9 Å². The van der Waals surface area contributed by atoms with Gasteiger partial charge < -0.3 is 10.6 Å². The summed E-state index contributed by atoms with van der Waals surface area (Å²) in [4.78, 5) is 11.2. The number of benzene rings is 1. The molecular formula is C13H14Cl2N4O. The van der Waals surface area contributed by atoms with Gasteiger partial charge in [0.1, 0.15) is 6.54 Å². The number of hydrogen-bond acceptors (Lipinski definition) is 3. The summed E-state index contributed by atoms with van der Waals surface area (Å²) in [6, 6.07) is 5.32. The van der Waals surface area contributed by atoms with E-state index in [2.05, 4.69) is 15.7 Å². The molecule has 106 valence electrons. The highest BCUT2D eigenvalue weighted by Gasteiger charge is 2.05. The monoisotopic (exact) mass is 312 g/mol. The average molecular weight is 313 g/mol. The van der Waals surface area contributed by atoms with Crippen molar-refractivity contribution in [3.63, 3.8) is 0 Å². The third kappa shape index (κ3) is 3.88. The highest BCUT2D eigenvalue weighted by molar-refractivity contribution is 6.33. The average Bonchev–Trinajstić information content (AvgIpc) is 2.87. The molecular weight excluding hydrogens is 299 g/mol. The third-order valence-electron chi connectivity index (χ3n) is 2.71. The lowest BCUT2D eigenvalue weighted by Gasteiger charge is -2.06. The standard InChI is InChI=1S/C13H14Cl2N4O/c1-16-13(20)8-19-7-11(6-18-19)17-5-9-4-10(14)2-3-12(9)15/h2-4,6-7,17H,5,8H2,1H3,(H,16,20). The summed E-state index contributed by atoms with van der Waals surface area (Å²) in [5.41, 5.74) is 1.71. The largest absolute Gasteiger partial charge is 0.378 e. The second-order valence-electron chi connectivity index (χ2n) is 4.19. The molecule has 2 rings (SSSR count). The van der Waals surface area contributed by atoms with E-state index in [4.69, 9.17) is 23.2 Å². The number of carbonyl (C=O) groups excluding carboxylic acids is 1. The van der Waals surface area contributed by atoms with Crippen LogP contribution in [0, 0.1) is 0 Å². The maximum atomic E-state index is 11.2. The molecule has 0 aliphatic heterocycles. The second-order valence-corrected chi connectivity index (χ2v) is 5.03. The maximum Gasteiger partial charge on any atom is 0.241 e. The van der Waals surface area contributed by atoms with Crippen molar-refractivity contribution in [1.29, 1.82) is 0 Å². The predicted octanol–water partition coefficient (Wildman–Crippen LogP) is 2.55. The number of carbonyl (C=O) groups is 1. The molecule has 1 heterocycles. The van der Waals surface area contributed by atoms with E-state index in [9.17, 15) is 4.79 Å². The van der Waals surface area contributed by atoms with Crippen molar-refractivity contribution >= 4 is 34.8 Å². The molecule has 0 fully saturated rings. The smallest absolute Gasteiger partial charge is 0.241 e. The number of halogens is 2. The number of hydrogen-bond donors (Lipinski definition) is 2. The van der Waals surface area contributed by atoms with E-state index in [1.165, 1.54) is 0 Å². The Morgan fingerprint density at radius 1 is 1.40 bits per heavy atom. The lowest BCUT2D eigenvalue weighted by molar-refractivity contribution is -0.121. The van der Waals surface area contributed by atoms with Crippen LogP contribution >= 0.6 is 23.2 Å². The molecule has 0 bridgehead atoms. The van der Waals surface area contributed by atoms with E-state index in [0.29, 0.717) is 16.6 Å². The molecule has 0 radical (unpaired) electrons. The molecule has 0 aliphatic carbocycles. The first-order valence-electron chi connectivity index (χ1n) is 5.99. The Morgan fingerprint density at radius 3 is 2.95 bits per heavy atom. The fourth-order valence-electron chi connectivity index (χ4n) is 1.64. The molecule has 0 atom stereocenters. The van der Waals surface area contributed by atoms with E-state index in [1.807, 2.05) is 6.07 Å². The summed E-state index contributed by atoms with van der Waals surface area (Å²) in [5, 5.41) is 11.1. The summed E-state index contributed by atoms with van der Waals surface area (Å²) in [7, 11) is 1.59. The fraction of sp³-hybridized carbons (Fsp3) is 0.231. The van der Waals surface area contributed by atoms with Gasteiger partial charge in [0.15, 0.2) is 0 Å². The number of amides is 1. The lowest BCUT2D eigenvalue weighted by atomic mass is 10.2. The number of anilines is 1. The molecule has 0 spiro atoms. The number of aromatic nitrogens is 2. The quantitative estimate of drug-likeness (QED) is 0.892. The van der Waals surface area contributed by atoms with Crippen LogP contribution in [-0.4, -0.2) is 22.7 Å². The Kier molecular flexibility index (Phi) is 4.87. The first-order chi connectivity index (χ1) is 9.58. The molecule has 2 N–H and O–H groups in total. The van der Waals surface area contributed by atoms with Crippen molar-refractivity contribution in [2.24, 2.45) is 0 Å². The molecule has 0 unspecified atom stereocenters. The van der Waals surface area contributed by atoms with E-state index in [0.717, 1.165) is 11.3 Å². The molecule has 7 heteroatoms. The Bertz CT molecular complexity index is 612. The van der Waals surface area contributed by atoms with Gasteiger partial charge in [-0.3, -0.25) is 9.48 Å². The number of rotatable bonds is 5. The highest BCUT2D eigenvalue weighted by Crippen LogP contribution is 2.21. The molecule has 0 aliphatic rings. The molecule has 1 aromatic heterocycles. The van der Waals surface area contributed by atoms with Gasteiger partial charge in [-0.05, 0) is 23.8 Å². The number of nitrogens with one attached hydrogen (secondary N) is 2. The van der Waals surface area contributed by atoms with Crippen LogP contribution in [0.5, 0.6) is 0 Å². The Hall–Kier alpha value is -1.72. The molecule has 0 saturated carbocycles. The summed E-state index contributed by atoms with van der Waals surface area (Å²) in [5.74, 6) is -0.0995. The van der Waals surface area contributed by atoms with E-state index in [-0.39, 0.29) is 12.5 Å². The molecule has 2 aromatic rings. The van der Waals surface area contributed by atoms with Crippen molar-refractivity contribution in [1.82, 2.24) is 15.1 Å². The fourth-order valence-corrected chi connectivity index (χ4v) is 2.02. The molecule has 1 aromatic carbocycles. The van der Waals surface area contributed by atoms with Crippen LogP contribution < -0.4 is 10.6 Å². The molecule has 20 heavy (non-hydrogen) atoms. The van der Waals surface area contributed by atoms with Gasteiger partial charge in [0.05, 0.1) is 11.9 Å². The minimum absolute atomic E-state index is 0.0995. The number of nitrogens with zero attached hydrogens (tertiary/aromatic N) is 2. The minimum Gasteiger partial charge on any atom is -0.378 e. The van der Waals surface area contributed by atoms with E-state index >= 15 is 0 Å². The van der Waals surface area contributed by atoms with Gasteiger partial charge in [-0.2, -0.15) is 5.10 Å². The van der Waals surface area contributed by atoms with Crippen LogP contribution in [0.3, 0.4) is 0 Å². The van der Waals surface area contributed by atoms with Gasteiger partial charge in [0.2, 0.25) is 5.91 Å². The Morgan fingerprint density at radius 2 is 2.20 bits per heavy atom. The van der Waals surface area contributed by atoms with Gasteiger partial charge in [0, 0.05) is 29.8 Å². The molecule has 1 amide bonds. The van der Waals surface area contributed by atoms with Crippen molar-refractivity contribution < 1.29 is 4.79 Å². The van der Waals surface area contributed by atoms with Crippen molar-refractivity contribution in [2.75, 3.05) is 12.4 Å². The molecule has 5 nitrogen and oxygen atoms in total. The zero-order chi connectivity index (χ0) is 14.5. The van der Waals surface area contributed by atoms with Crippen molar-refractivity contribution in [3.8, 4) is 0 Å². The minimum atomic E-state index is -0.0995. The summed E-state index contributed by atoms with van der Waals surface area (Å²) < 4.78 is 1.56. The molecule has 0 saturated heterocycles. The summed E-state index contributed by atoms with van der Waals surface area (Å²) in [6.07, 6.45) is 3.41. The van der Waals surface area contributed by atoms with Crippen molar-refractivity contribution in [2.45, 2.75) is 13.1 Å². The maximum absolute atomic E-state index is 11.2.